The first-order valence-corrected chi connectivity index (χ1v) is 7.93. The SMILES string of the molecule is N/C(=N/O)c1ccccc1OCC(=O)NC1CCSCC1. The number of nitrogens with one attached hydrogen (secondary N) is 1. The highest BCUT2D eigenvalue weighted by Crippen LogP contribution is 2.18. The summed E-state index contributed by atoms with van der Waals surface area (Å²) in [5.41, 5.74) is 6.03. The molecular weight excluding hydrogens is 290 g/mol. The van der Waals surface area contributed by atoms with Gasteiger partial charge in [-0.2, -0.15) is 11.8 Å². The van der Waals surface area contributed by atoms with E-state index in [1.165, 1.54) is 0 Å². The number of hydrogen-bond acceptors (Lipinski definition) is 5. The Morgan fingerprint density at radius 1 is 1.43 bits per heavy atom. The molecule has 4 N–H and O–H groups in total. The zero-order chi connectivity index (χ0) is 15.1. The van der Waals surface area contributed by atoms with Crippen molar-refractivity contribution in [1.82, 2.24) is 5.32 Å². The van der Waals surface area contributed by atoms with E-state index in [-0.39, 0.29) is 24.4 Å². The molecule has 1 heterocycles. The van der Waals surface area contributed by atoms with Crippen LogP contribution < -0.4 is 15.8 Å². The third kappa shape index (κ3) is 4.56. The van der Waals surface area contributed by atoms with Gasteiger partial charge in [0.25, 0.3) is 5.91 Å². The molecule has 1 aromatic carbocycles. The highest BCUT2D eigenvalue weighted by atomic mass is 32.2. The second kappa shape index (κ2) is 7.78. The van der Waals surface area contributed by atoms with Gasteiger partial charge in [0.2, 0.25) is 0 Å². The van der Waals surface area contributed by atoms with Crippen LogP contribution in [0.25, 0.3) is 0 Å². The number of hydrogen-bond donors (Lipinski definition) is 3. The zero-order valence-corrected chi connectivity index (χ0v) is 12.4. The standard InChI is InChI=1S/C14H19N3O3S/c15-14(17-19)11-3-1-2-4-12(11)20-9-13(18)16-10-5-7-21-8-6-10/h1-4,10,19H,5-9H2,(H2,15,17)(H,16,18). The molecule has 0 aliphatic carbocycles. The third-order valence-electron chi connectivity index (χ3n) is 3.22. The first-order chi connectivity index (χ1) is 10.2. The van der Waals surface area contributed by atoms with Crippen LogP contribution in [0, 0.1) is 0 Å². The Balaban J connectivity index is 1.89. The van der Waals surface area contributed by atoms with Gasteiger partial charge in [0.05, 0.1) is 5.56 Å². The summed E-state index contributed by atoms with van der Waals surface area (Å²) >= 11 is 1.91. The average molecular weight is 309 g/mol. The summed E-state index contributed by atoms with van der Waals surface area (Å²) in [5.74, 6) is 2.38. The molecule has 1 aliphatic rings. The Kier molecular flexibility index (Phi) is 5.74. The quantitative estimate of drug-likeness (QED) is 0.328. The number of ether oxygens (including phenoxy) is 1. The molecule has 1 aliphatic heterocycles. The monoisotopic (exact) mass is 309 g/mol. The molecule has 114 valence electrons. The van der Waals surface area contributed by atoms with Gasteiger partial charge in [-0.3, -0.25) is 4.79 Å². The maximum absolute atomic E-state index is 11.9. The van der Waals surface area contributed by atoms with Crippen molar-refractivity contribution in [1.29, 1.82) is 0 Å². The largest absolute Gasteiger partial charge is 0.483 e. The maximum atomic E-state index is 11.9. The molecule has 0 saturated carbocycles. The number of nitrogens with zero attached hydrogens (tertiary/aromatic N) is 1. The molecule has 7 heteroatoms. The summed E-state index contributed by atoms with van der Waals surface area (Å²) in [5, 5.41) is 14.6. The Bertz CT molecular complexity index is 516. The van der Waals surface area contributed by atoms with E-state index >= 15 is 0 Å². The second-order valence-electron chi connectivity index (χ2n) is 4.72. The van der Waals surface area contributed by atoms with Gasteiger partial charge in [0.1, 0.15) is 5.75 Å². The molecule has 0 radical (unpaired) electrons. The number of rotatable bonds is 5. The van der Waals surface area contributed by atoms with Crippen LogP contribution in [0.5, 0.6) is 5.75 Å². The minimum absolute atomic E-state index is 0.0460. The summed E-state index contributed by atoms with van der Waals surface area (Å²) in [6.07, 6.45) is 1.99. The molecule has 0 aromatic heterocycles. The van der Waals surface area contributed by atoms with E-state index in [9.17, 15) is 4.79 Å². The smallest absolute Gasteiger partial charge is 0.258 e. The van der Waals surface area contributed by atoms with Crippen LogP contribution in [0.2, 0.25) is 0 Å². The van der Waals surface area contributed by atoms with Crippen LogP contribution in [0.3, 0.4) is 0 Å². The summed E-state index contributed by atoms with van der Waals surface area (Å²) in [6.45, 7) is -0.0840. The van der Waals surface area contributed by atoms with Gasteiger partial charge >= 0.3 is 0 Å². The summed E-state index contributed by atoms with van der Waals surface area (Å²) in [4.78, 5) is 11.9. The van der Waals surface area contributed by atoms with E-state index in [4.69, 9.17) is 15.7 Å². The number of amidine groups is 1. The third-order valence-corrected chi connectivity index (χ3v) is 4.26. The molecule has 0 bridgehead atoms. The van der Waals surface area contributed by atoms with E-state index in [1.807, 2.05) is 11.8 Å². The molecule has 1 amide bonds. The molecule has 6 nitrogen and oxygen atoms in total. The Morgan fingerprint density at radius 2 is 2.14 bits per heavy atom. The fourth-order valence-electron chi connectivity index (χ4n) is 2.11. The van der Waals surface area contributed by atoms with E-state index in [2.05, 4.69) is 10.5 Å². The molecule has 0 spiro atoms. The van der Waals surface area contributed by atoms with Crippen LogP contribution in [-0.2, 0) is 4.79 Å². The minimum atomic E-state index is -0.152. The maximum Gasteiger partial charge on any atom is 0.258 e. The fraction of sp³-hybridized carbons (Fsp3) is 0.429. The summed E-state index contributed by atoms with van der Waals surface area (Å²) in [7, 11) is 0. The first kappa shape index (κ1) is 15.5. The molecule has 0 unspecified atom stereocenters. The van der Waals surface area contributed by atoms with Crippen LogP contribution in [-0.4, -0.2) is 41.1 Å². The molecule has 1 fully saturated rings. The van der Waals surface area contributed by atoms with E-state index in [0.29, 0.717) is 11.3 Å². The van der Waals surface area contributed by atoms with Crippen molar-refractivity contribution in [2.24, 2.45) is 10.9 Å². The van der Waals surface area contributed by atoms with E-state index in [1.54, 1.807) is 24.3 Å². The Labute approximate surface area is 127 Å². The normalized spacial score (nSPS) is 16.5. The van der Waals surface area contributed by atoms with E-state index < -0.39 is 0 Å². The number of carbonyl (C=O) groups excluding carboxylic acids is 1. The Morgan fingerprint density at radius 3 is 2.86 bits per heavy atom. The van der Waals surface area contributed by atoms with Crippen LogP contribution in [0.4, 0.5) is 0 Å². The molecule has 0 atom stereocenters. The van der Waals surface area contributed by atoms with Crippen molar-refractivity contribution in [3.63, 3.8) is 0 Å². The van der Waals surface area contributed by atoms with Crippen molar-refractivity contribution in [2.75, 3.05) is 18.1 Å². The van der Waals surface area contributed by atoms with Crippen LogP contribution in [0.15, 0.2) is 29.4 Å². The Hall–Kier alpha value is -1.89. The number of oxime groups is 1. The summed E-state index contributed by atoms with van der Waals surface area (Å²) in [6, 6.07) is 7.10. The number of carbonyl (C=O) groups is 1. The highest BCUT2D eigenvalue weighted by Gasteiger charge is 2.16. The van der Waals surface area contributed by atoms with Gasteiger partial charge in [0.15, 0.2) is 12.4 Å². The van der Waals surface area contributed by atoms with Gasteiger partial charge in [-0.1, -0.05) is 17.3 Å². The fourth-order valence-corrected chi connectivity index (χ4v) is 3.22. The van der Waals surface area contributed by atoms with Crippen LogP contribution >= 0.6 is 11.8 Å². The van der Waals surface area contributed by atoms with Gasteiger partial charge in [-0.05, 0) is 36.5 Å². The number of thioether (sulfide) groups is 1. The van der Waals surface area contributed by atoms with E-state index in [0.717, 1.165) is 24.3 Å². The molecule has 2 rings (SSSR count). The summed E-state index contributed by atoms with van der Waals surface area (Å²) < 4.78 is 5.47. The molecule has 21 heavy (non-hydrogen) atoms. The molecule has 1 aromatic rings. The lowest BCUT2D eigenvalue weighted by atomic mass is 10.1. The van der Waals surface area contributed by atoms with Crippen molar-refractivity contribution >= 4 is 23.5 Å². The number of nitrogens with two attached hydrogens (primary N) is 1. The second-order valence-corrected chi connectivity index (χ2v) is 5.95. The topological polar surface area (TPSA) is 96.9 Å². The number of amides is 1. The number of para-hydroxylation sites is 1. The average Bonchev–Trinajstić information content (AvgIpc) is 2.53. The van der Waals surface area contributed by atoms with Crippen molar-refractivity contribution in [3.05, 3.63) is 29.8 Å². The van der Waals surface area contributed by atoms with Crippen molar-refractivity contribution in [2.45, 2.75) is 18.9 Å². The number of benzene rings is 1. The van der Waals surface area contributed by atoms with Crippen molar-refractivity contribution < 1.29 is 14.7 Å². The predicted octanol–water partition coefficient (Wildman–Crippen LogP) is 1.17. The van der Waals surface area contributed by atoms with Gasteiger partial charge in [0, 0.05) is 6.04 Å². The minimum Gasteiger partial charge on any atom is -0.483 e. The van der Waals surface area contributed by atoms with Gasteiger partial charge < -0.3 is 21.0 Å². The van der Waals surface area contributed by atoms with Gasteiger partial charge in [-0.25, -0.2) is 0 Å². The zero-order valence-electron chi connectivity index (χ0n) is 11.6. The van der Waals surface area contributed by atoms with Crippen molar-refractivity contribution in [3.8, 4) is 5.75 Å². The van der Waals surface area contributed by atoms with Crippen LogP contribution in [0.1, 0.15) is 18.4 Å². The molecule has 1 saturated heterocycles. The molecular formula is C14H19N3O3S. The first-order valence-electron chi connectivity index (χ1n) is 6.77. The lowest BCUT2D eigenvalue weighted by Crippen LogP contribution is -2.40. The predicted molar refractivity (Wildman–Crippen MR) is 82.9 cm³/mol. The lowest BCUT2D eigenvalue weighted by molar-refractivity contribution is -0.123. The highest BCUT2D eigenvalue weighted by molar-refractivity contribution is 7.99. The van der Waals surface area contributed by atoms with Gasteiger partial charge in [-0.15, -0.1) is 0 Å². The lowest BCUT2D eigenvalue weighted by Gasteiger charge is -2.22.